The molecule has 0 unspecified atom stereocenters. The Morgan fingerprint density at radius 3 is 2.90 bits per heavy atom. The molecule has 0 radical (unpaired) electrons. The van der Waals surface area contributed by atoms with Crippen molar-refractivity contribution in [1.82, 2.24) is 15.0 Å². The highest BCUT2D eigenvalue weighted by molar-refractivity contribution is 6.34. The van der Waals surface area contributed by atoms with Crippen LogP contribution >= 0.6 is 11.6 Å². The number of nitrogens with two attached hydrogens (primary N) is 1. The Morgan fingerprint density at radius 1 is 1.31 bits per heavy atom. The molecule has 5 rings (SSSR count). The van der Waals surface area contributed by atoms with Crippen LogP contribution in [0.2, 0.25) is 5.02 Å². The first-order valence-electron chi connectivity index (χ1n) is 9.48. The normalized spacial score (nSPS) is 24.9. The molecule has 0 saturated heterocycles. The monoisotopic (exact) mass is 409 g/mol. The molecular weight excluding hydrogens is 390 g/mol. The number of halogens is 1. The summed E-state index contributed by atoms with van der Waals surface area (Å²) in [5.41, 5.74) is 8.43. The average Bonchev–Trinajstić information content (AvgIpc) is 3.44. The predicted octanol–water partition coefficient (Wildman–Crippen LogP) is 3.37. The van der Waals surface area contributed by atoms with E-state index in [0.717, 1.165) is 12.0 Å². The Balaban J connectivity index is 1.58. The molecule has 3 aromatic rings. The molecule has 2 aromatic heterocycles. The fraction of sp³-hybridized carbons (Fsp3) is 0.286. The van der Waals surface area contributed by atoms with Crippen LogP contribution in [-0.2, 0) is 4.79 Å². The van der Waals surface area contributed by atoms with E-state index in [-0.39, 0.29) is 29.7 Å². The number of amides is 1. The summed E-state index contributed by atoms with van der Waals surface area (Å²) in [7, 11) is 1.62. The van der Waals surface area contributed by atoms with Gasteiger partial charge in [0.2, 0.25) is 5.91 Å². The molecule has 8 heteroatoms. The topological polar surface area (TPSA) is 106 Å². The van der Waals surface area contributed by atoms with Gasteiger partial charge in [-0.15, -0.1) is 0 Å². The molecule has 1 fully saturated rings. The maximum atomic E-state index is 12.1. The molecule has 2 aliphatic carbocycles. The lowest BCUT2D eigenvalue weighted by Gasteiger charge is -2.28. The summed E-state index contributed by atoms with van der Waals surface area (Å²) in [5.74, 6) is 1.21. The quantitative estimate of drug-likeness (QED) is 0.560. The van der Waals surface area contributed by atoms with Gasteiger partial charge in [0, 0.05) is 6.04 Å². The molecule has 1 saturated carbocycles. The van der Waals surface area contributed by atoms with Crippen LogP contribution in [0.1, 0.15) is 6.42 Å². The van der Waals surface area contributed by atoms with E-state index in [0.29, 0.717) is 33.4 Å². The molecule has 7 nitrogen and oxygen atoms in total. The first-order valence-corrected chi connectivity index (χ1v) is 9.86. The number of carbonyl (C=O) groups excluding carboxylic acids is 1. The standard InChI is InChI=1S/C21H20ClN5O2/c1-29-14-5-3-2-4-12(14)20-26-18-17(13(22)9-24-21(18)27-20)25-16-11-7-6-10(8-11)15(16)19(23)28/h2-7,9-11,15-16H,8H2,1H3,(H2,23,28)(H2,24,25,26,27)/t10-,11-,15+,16-/m1/s1. The molecule has 29 heavy (non-hydrogen) atoms. The van der Waals surface area contributed by atoms with Crippen LogP contribution in [0.4, 0.5) is 5.69 Å². The summed E-state index contributed by atoms with van der Waals surface area (Å²) in [4.78, 5) is 24.4. The number of hydrogen-bond acceptors (Lipinski definition) is 5. The van der Waals surface area contributed by atoms with Gasteiger partial charge in [-0.2, -0.15) is 0 Å². The van der Waals surface area contributed by atoms with E-state index in [1.54, 1.807) is 13.3 Å². The summed E-state index contributed by atoms with van der Waals surface area (Å²) < 4.78 is 5.45. The third-order valence-electron chi connectivity index (χ3n) is 5.93. The first kappa shape index (κ1) is 18.0. The van der Waals surface area contributed by atoms with E-state index >= 15 is 0 Å². The second kappa shape index (κ2) is 6.77. The first-order chi connectivity index (χ1) is 14.1. The van der Waals surface area contributed by atoms with Gasteiger partial charge < -0.3 is 20.8 Å². The third-order valence-corrected chi connectivity index (χ3v) is 6.22. The van der Waals surface area contributed by atoms with Crippen LogP contribution in [0.3, 0.4) is 0 Å². The van der Waals surface area contributed by atoms with Gasteiger partial charge in [-0.1, -0.05) is 35.9 Å². The zero-order chi connectivity index (χ0) is 20.1. The summed E-state index contributed by atoms with van der Waals surface area (Å²) >= 11 is 6.49. The number of aromatic amines is 1. The zero-order valence-electron chi connectivity index (χ0n) is 15.7. The lowest BCUT2D eigenvalue weighted by atomic mass is 9.88. The van der Waals surface area contributed by atoms with E-state index in [1.165, 1.54) is 0 Å². The highest BCUT2D eigenvalue weighted by Crippen LogP contribution is 2.46. The van der Waals surface area contributed by atoms with Gasteiger partial charge in [0.15, 0.2) is 5.65 Å². The molecule has 0 aliphatic heterocycles. The zero-order valence-corrected chi connectivity index (χ0v) is 16.5. The fourth-order valence-electron chi connectivity index (χ4n) is 4.62. The lowest BCUT2D eigenvalue weighted by molar-refractivity contribution is -0.122. The molecule has 2 bridgehead atoms. The molecule has 148 valence electrons. The molecule has 1 aromatic carbocycles. The highest BCUT2D eigenvalue weighted by Gasteiger charge is 2.47. The Morgan fingerprint density at radius 2 is 2.10 bits per heavy atom. The summed E-state index contributed by atoms with van der Waals surface area (Å²) in [6.07, 6.45) is 6.74. The van der Waals surface area contributed by atoms with Crippen molar-refractivity contribution in [3.05, 3.63) is 47.6 Å². The minimum absolute atomic E-state index is 0.108. The van der Waals surface area contributed by atoms with E-state index in [2.05, 4.69) is 32.4 Å². The van der Waals surface area contributed by atoms with Gasteiger partial charge in [0.1, 0.15) is 17.1 Å². The van der Waals surface area contributed by atoms with Gasteiger partial charge in [0.25, 0.3) is 0 Å². The molecular formula is C21H20ClN5O2. The van der Waals surface area contributed by atoms with E-state index in [1.807, 2.05) is 24.3 Å². The molecule has 2 heterocycles. The maximum absolute atomic E-state index is 12.1. The van der Waals surface area contributed by atoms with Crippen LogP contribution in [0.15, 0.2) is 42.6 Å². The number of fused-ring (bicyclic) bond motifs is 3. The number of anilines is 1. The second-order valence-corrected chi connectivity index (χ2v) is 7.92. The molecule has 4 atom stereocenters. The molecule has 4 N–H and O–H groups in total. The van der Waals surface area contributed by atoms with E-state index in [4.69, 9.17) is 22.1 Å². The Labute approximate surface area is 172 Å². The Bertz CT molecular complexity index is 1140. The van der Waals surface area contributed by atoms with Crippen LogP contribution in [-0.4, -0.2) is 34.0 Å². The number of carbonyl (C=O) groups is 1. The van der Waals surface area contributed by atoms with Crippen LogP contribution < -0.4 is 15.8 Å². The number of nitrogens with zero attached hydrogens (tertiary/aromatic N) is 2. The van der Waals surface area contributed by atoms with Crippen molar-refractivity contribution in [2.75, 3.05) is 12.4 Å². The van der Waals surface area contributed by atoms with Crippen molar-refractivity contribution < 1.29 is 9.53 Å². The molecule has 2 aliphatic rings. The van der Waals surface area contributed by atoms with E-state index in [9.17, 15) is 4.79 Å². The number of allylic oxidation sites excluding steroid dienone is 1. The number of benzene rings is 1. The van der Waals surface area contributed by atoms with Gasteiger partial charge in [-0.25, -0.2) is 9.97 Å². The number of ether oxygens (including phenoxy) is 1. The fourth-order valence-corrected chi connectivity index (χ4v) is 4.81. The van der Waals surface area contributed by atoms with Gasteiger partial charge >= 0.3 is 0 Å². The van der Waals surface area contributed by atoms with Gasteiger partial charge in [-0.3, -0.25) is 4.79 Å². The van der Waals surface area contributed by atoms with Crippen molar-refractivity contribution in [1.29, 1.82) is 0 Å². The van der Waals surface area contributed by atoms with Crippen molar-refractivity contribution >= 4 is 34.4 Å². The summed E-state index contributed by atoms with van der Waals surface area (Å²) in [5, 5.41) is 3.94. The average molecular weight is 410 g/mol. The van der Waals surface area contributed by atoms with Crippen molar-refractivity contribution in [3.8, 4) is 17.1 Å². The number of aromatic nitrogens is 3. The van der Waals surface area contributed by atoms with Crippen molar-refractivity contribution in [2.24, 2.45) is 23.5 Å². The Hall–Kier alpha value is -3.06. The number of hydrogen-bond donors (Lipinski definition) is 3. The summed E-state index contributed by atoms with van der Waals surface area (Å²) in [6.45, 7) is 0. The van der Waals surface area contributed by atoms with Crippen molar-refractivity contribution in [2.45, 2.75) is 12.5 Å². The predicted molar refractivity (Wildman–Crippen MR) is 112 cm³/mol. The minimum Gasteiger partial charge on any atom is -0.496 e. The molecule has 1 amide bonds. The number of pyridine rings is 1. The van der Waals surface area contributed by atoms with Crippen LogP contribution in [0, 0.1) is 17.8 Å². The van der Waals surface area contributed by atoms with Crippen LogP contribution in [0.5, 0.6) is 5.75 Å². The number of nitrogens with one attached hydrogen (secondary N) is 2. The smallest absolute Gasteiger partial charge is 0.223 e. The Kier molecular flexibility index (Phi) is 4.20. The lowest BCUT2D eigenvalue weighted by Crippen LogP contribution is -2.41. The highest BCUT2D eigenvalue weighted by atomic mass is 35.5. The van der Waals surface area contributed by atoms with Gasteiger partial charge in [0.05, 0.1) is 35.5 Å². The van der Waals surface area contributed by atoms with Gasteiger partial charge in [-0.05, 0) is 30.4 Å². The third kappa shape index (κ3) is 2.84. The number of primary amides is 1. The largest absolute Gasteiger partial charge is 0.496 e. The SMILES string of the molecule is COc1ccccc1-c1nc2ncc(Cl)c(N[C@H]3[C@@H](C(N)=O)[C@@H]4C=C[C@@H]3C4)c2[nH]1. The molecule has 0 spiro atoms. The van der Waals surface area contributed by atoms with Crippen molar-refractivity contribution in [3.63, 3.8) is 0 Å². The number of imidazole rings is 1. The van der Waals surface area contributed by atoms with E-state index < -0.39 is 0 Å². The number of para-hydroxylation sites is 1. The number of methoxy groups -OCH3 is 1. The second-order valence-electron chi connectivity index (χ2n) is 7.51. The maximum Gasteiger partial charge on any atom is 0.223 e. The summed E-state index contributed by atoms with van der Waals surface area (Å²) in [6, 6.07) is 7.52. The number of H-pyrrole nitrogens is 1. The minimum atomic E-state index is -0.292. The van der Waals surface area contributed by atoms with Crippen LogP contribution in [0.25, 0.3) is 22.6 Å². The number of rotatable bonds is 5.